The molecular weight excluding hydrogens is 444 g/mol. The molecule has 0 bridgehead atoms. The molecule has 4 aromatic rings. The summed E-state index contributed by atoms with van der Waals surface area (Å²) >= 11 is 5.63. The van der Waals surface area contributed by atoms with Crippen LogP contribution in [0.15, 0.2) is 66.7 Å². The van der Waals surface area contributed by atoms with Gasteiger partial charge in [-0.1, -0.05) is 60.2 Å². The lowest BCUT2D eigenvalue weighted by atomic mass is 9.88. The highest BCUT2D eigenvalue weighted by Gasteiger charge is 2.31. The molecule has 3 aromatic carbocycles. The number of benzene rings is 3. The van der Waals surface area contributed by atoms with Gasteiger partial charge < -0.3 is 9.47 Å². The van der Waals surface area contributed by atoms with Crippen LogP contribution >= 0.6 is 12.2 Å². The summed E-state index contributed by atoms with van der Waals surface area (Å²) < 4.78 is 13.7. The lowest BCUT2D eigenvalue weighted by Crippen LogP contribution is -2.37. The summed E-state index contributed by atoms with van der Waals surface area (Å²) in [5.74, 6) is 2.29. The van der Waals surface area contributed by atoms with Crippen molar-refractivity contribution in [1.29, 1.82) is 0 Å². The molecule has 0 saturated carbocycles. The second kappa shape index (κ2) is 9.44. The number of nitrogens with zero attached hydrogens (tertiary/aromatic N) is 3. The monoisotopic (exact) mass is 472 g/mol. The summed E-state index contributed by atoms with van der Waals surface area (Å²) in [6.07, 6.45) is 0.908. The third-order valence-electron chi connectivity index (χ3n) is 6.42. The number of hydrogen-bond donors (Lipinski definition) is 1. The SMILES string of the molecule is COc1cc2c(cc1OC)[C@H](c1ccccc1)N(Cn1[nH]c(-c3ccc(C)cc3)nc1=S)CC2. The van der Waals surface area contributed by atoms with Gasteiger partial charge in [0.15, 0.2) is 17.3 Å². The molecule has 0 saturated heterocycles. The predicted octanol–water partition coefficient (Wildman–Crippen LogP) is 5.54. The number of aromatic nitrogens is 3. The van der Waals surface area contributed by atoms with Crippen molar-refractivity contribution in [2.24, 2.45) is 0 Å². The number of nitrogens with one attached hydrogen (secondary N) is 1. The number of ether oxygens (including phenoxy) is 2. The molecule has 0 radical (unpaired) electrons. The highest BCUT2D eigenvalue weighted by Crippen LogP contribution is 2.41. The third-order valence-corrected chi connectivity index (χ3v) is 6.73. The van der Waals surface area contributed by atoms with Crippen LogP contribution < -0.4 is 9.47 Å². The van der Waals surface area contributed by atoms with E-state index >= 15 is 0 Å². The molecule has 0 amide bonds. The van der Waals surface area contributed by atoms with Gasteiger partial charge >= 0.3 is 0 Å². The average Bonchev–Trinajstić information content (AvgIpc) is 3.23. The second-order valence-corrected chi connectivity index (χ2v) is 8.94. The van der Waals surface area contributed by atoms with Crippen LogP contribution in [0.3, 0.4) is 0 Å². The minimum Gasteiger partial charge on any atom is -0.493 e. The van der Waals surface area contributed by atoms with Gasteiger partial charge in [0.25, 0.3) is 0 Å². The van der Waals surface area contributed by atoms with Crippen molar-refractivity contribution in [2.75, 3.05) is 20.8 Å². The van der Waals surface area contributed by atoms with Crippen molar-refractivity contribution < 1.29 is 9.47 Å². The average molecular weight is 473 g/mol. The summed E-state index contributed by atoms with van der Waals surface area (Å²) in [6.45, 7) is 3.56. The van der Waals surface area contributed by atoms with Gasteiger partial charge in [0, 0.05) is 12.1 Å². The van der Waals surface area contributed by atoms with E-state index < -0.39 is 0 Å². The van der Waals surface area contributed by atoms with Gasteiger partial charge in [-0.15, -0.1) is 0 Å². The van der Waals surface area contributed by atoms with Crippen molar-refractivity contribution in [2.45, 2.75) is 26.1 Å². The van der Waals surface area contributed by atoms with Gasteiger partial charge in [-0.05, 0) is 54.4 Å². The summed E-state index contributed by atoms with van der Waals surface area (Å²) in [7, 11) is 3.36. The van der Waals surface area contributed by atoms with Crippen molar-refractivity contribution in [3.8, 4) is 22.9 Å². The molecular formula is C27H28N4O2S. The van der Waals surface area contributed by atoms with E-state index in [1.807, 2.05) is 10.7 Å². The summed E-state index contributed by atoms with van der Waals surface area (Å²) in [4.78, 5) is 7.05. The lowest BCUT2D eigenvalue weighted by Gasteiger charge is -2.38. The smallest absolute Gasteiger partial charge is 0.217 e. The zero-order valence-corrected chi connectivity index (χ0v) is 20.4. The minimum atomic E-state index is 0.0535. The summed E-state index contributed by atoms with van der Waals surface area (Å²) in [5, 5.41) is 3.42. The molecule has 174 valence electrons. The summed E-state index contributed by atoms with van der Waals surface area (Å²) in [5.41, 5.74) is 5.96. The van der Waals surface area contributed by atoms with E-state index in [4.69, 9.17) is 21.7 Å². The van der Waals surface area contributed by atoms with Crippen LogP contribution in [0.2, 0.25) is 0 Å². The van der Waals surface area contributed by atoms with Crippen molar-refractivity contribution in [1.82, 2.24) is 19.7 Å². The number of H-pyrrole nitrogens is 1. The van der Waals surface area contributed by atoms with Gasteiger partial charge in [0.2, 0.25) is 4.77 Å². The molecule has 1 atom stereocenters. The first-order valence-electron chi connectivity index (χ1n) is 11.3. The van der Waals surface area contributed by atoms with Crippen molar-refractivity contribution in [3.63, 3.8) is 0 Å². The number of aryl methyl sites for hydroxylation is 1. The number of aromatic amines is 1. The molecule has 6 nitrogen and oxygen atoms in total. The Morgan fingerprint density at radius 2 is 1.71 bits per heavy atom. The first-order chi connectivity index (χ1) is 16.6. The Morgan fingerprint density at radius 3 is 2.41 bits per heavy atom. The van der Waals surface area contributed by atoms with Gasteiger partial charge in [-0.25, -0.2) is 4.68 Å². The molecule has 5 rings (SSSR count). The van der Waals surface area contributed by atoms with E-state index in [0.717, 1.165) is 35.9 Å². The fourth-order valence-electron chi connectivity index (χ4n) is 4.65. The van der Waals surface area contributed by atoms with Crippen LogP contribution in [-0.2, 0) is 13.1 Å². The molecule has 1 aliphatic heterocycles. The fourth-order valence-corrected chi connectivity index (χ4v) is 4.85. The molecule has 7 heteroatoms. The zero-order valence-electron chi connectivity index (χ0n) is 19.6. The third kappa shape index (κ3) is 4.24. The maximum atomic E-state index is 5.64. The minimum absolute atomic E-state index is 0.0535. The number of methoxy groups -OCH3 is 2. The largest absolute Gasteiger partial charge is 0.493 e. The maximum absolute atomic E-state index is 5.64. The van der Waals surface area contributed by atoms with E-state index in [2.05, 4.69) is 82.6 Å². The zero-order chi connectivity index (χ0) is 23.7. The Kier molecular flexibility index (Phi) is 6.22. The standard InChI is InChI=1S/C27H28N4O2S/c1-18-9-11-20(12-10-18)26-28-27(34)31(29-26)17-30-14-13-21-15-23(32-2)24(33-3)16-22(21)25(30)19-7-5-4-6-8-19/h4-12,15-16,25H,13-14,17H2,1-3H3,(H,28,29,34)/t25-/m0/s1. The molecule has 0 unspecified atom stereocenters. The van der Waals surface area contributed by atoms with E-state index in [0.29, 0.717) is 11.4 Å². The first kappa shape index (κ1) is 22.4. The van der Waals surface area contributed by atoms with Crippen molar-refractivity contribution >= 4 is 12.2 Å². The Bertz CT molecular complexity index is 1350. The molecule has 34 heavy (non-hydrogen) atoms. The fraction of sp³-hybridized carbons (Fsp3) is 0.259. The van der Waals surface area contributed by atoms with E-state index in [1.54, 1.807) is 14.2 Å². The highest BCUT2D eigenvalue weighted by atomic mass is 32.1. The van der Waals surface area contributed by atoms with Gasteiger partial charge in [0.05, 0.1) is 26.9 Å². The molecule has 1 aliphatic rings. The molecule has 0 aliphatic carbocycles. The topological polar surface area (TPSA) is 55.3 Å². The van der Waals surface area contributed by atoms with Crippen molar-refractivity contribution in [3.05, 3.63) is 93.8 Å². The Balaban J connectivity index is 1.53. The first-order valence-corrected chi connectivity index (χ1v) is 11.8. The molecule has 1 N–H and O–H groups in total. The van der Waals surface area contributed by atoms with Crippen LogP contribution in [-0.4, -0.2) is 40.4 Å². The van der Waals surface area contributed by atoms with Crippen LogP contribution in [0.25, 0.3) is 11.4 Å². The van der Waals surface area contributed by atoms with E-state index in [-0.39, 0.29) is 6.04 Å². The maximum Gasteiger partial charge on any atom is 0.217 e. The number of rotatable bonds is 6. The quantitative estimate of drug-likeness (QED) is 0.374. The molecule has 0 spiro atoms. The Labute approximate surface area is 204 Å². The second-order valence-electron chi connectivity index (χ2n) is 8.57. The van der Waals surface area contributed by atoms with E-state index in [1.165, 1.54) is 22.3 Å². The van der Waals surface area contributed by atoms with E-state index in [9.17, 15) is 0 Å². The number of fused-ring (bicyclic) bond motifs is 1. The van der Waals surface area contributed by atoms with Crippen LogP contribution in [0, 0.1) is 11.7 Å². The lowest BCUT2D eigenvalue weighted by molar-refractivity contribution is 0.155. The van der Waals surface area contributed by atoms with Gasteiger partial charge in [-0.2, -0.15) is 4.98 Å². The van der Waals surface area contributed by atoms with Gasteiger partial charge in [0.1, 0.15) is 0 Å². The Morgan fingerprint density at radius 1 is 1.00 bits per heavy atom. The van der Waals surface area contributed by atoms with Crippen LogP contribution in [0.4, 0.5) is 0 Å². The highest BCUT2D eigenvalue weighted by molar-refractivity contribution is 7.71. The summed E-state index contributed by atoms with van der Waals surface area (Å²) in [6, 6.07) is 23.1. The van der Waals surface area contributed by atoms with Gasteiger partial charge in [-0.3, -0.25) is 10.00 Å². The molecule has 2 heterocycles. The molecule has 1 aromatic heterocycles. The number of hydrogen-bond acceptors (Lipinski definition) is 5. The van der Waals surface area contributed by atoms with Crippen LogP contribution in [0.1, 0.15) is 28.3 Å². The normalized spacial score (nSPS) is 15.7. The Hall–Kier alpha value is -3.42. The predicted molar refractivity (Wildman–Crippen MR) is 136 cm³/mol. The molecule has 0 fully saturated rings. The van der Waals surface area contributed by atoms with Crippen LogP contribution in [0.5, 0.6) is 11.5 Å².